The highest BCUT2D eigenvalue weighted by molar-refractivity contribution is 7.07. The van der Waals surface area contributed by atoms with Crippen molar-refractivity contribution in [3.05, 3.63) is 16.6 Å². The molecule has 0 saturated carbocycles. The summed E-state index contributed by atoms with van der Waals surface area (Å²) in [6, 6.07) is 0. The Bertz CT molecular complexity index is 248. The third-order valence-electron chi connectivity index (χ3n) is 0.923. The smallest absolute Gasteiger partial charge is 0.160 e. The molecular weight excluding hydrogens is 153 g/mol. The van der Waals surface area contributed by atoms with Crippen LogP contribution >= 0.6 is 11.3 Å². The first kappa shape index (κ1) is 7.19. The van der Waals surface area contributed by atoms with E-state index in [1.165, 1.54) is 11.3 Å². The van der Waals surface area contributed by atoms with E-state index in [0.29, 0.717) is 5.69 Å². The van der Waals surface area contributed by atoms with Gasteiger partial charge in [0.2, 0.25) is 0 Å². The Hall–Kier alpha value is -0.920. The summed E-state index contributed by atoms with van der Waals surface area (Å²) >= 11 is 1.33. The molecule has 0 aromatic carbocycles. The second kappa shape index (κ2) is 3.30. The summed E-state index contributed by atoms with van der Waals surface area (Å²) in [5.41, 5.74) is 1.95. The van der Waals surface area contributed by atoms with E-state index in [9.17, 15) is 4.39 Å². The topological polar surface area (TPSA) is 33.1 Å². The Morgan fingerprint density at radius 2 is 2.60 bits per heavy atom. The van der Waals surface area contributed by atoms with Gasteiger partial charge in [-0.1, -0.05) is 0 Å². The number of aliphatic hydroxyl groups is 1. The summed E-state index contributed by atoms with van der Waals surface area (Å²) in [6.45, 7) is 0. The molecule has 0 saturated heterocycles. The molecule has 1 unspecified atom stereocenters. The van der Waals surface area contributed by atoms with Crippen molar-refractivity contribution >= 4 is 11.3 Å². The molecule has 0 spiro atoms. The number of hydrogen-bond donors (Lipinski definition) is 1. The molecule has 0 aliphatic carbocycles. The molecule has 1 atom stereocenters. The third kappa shape index (κ3) is 1.53. The molecule has 1 N–H and O–H groups in total. The highest BCUT2D eigenvalue weighted by atomic mass is 32.1. The molecule has 52 valence electrons. The zero-order valence-electron chi connectivity index (χ0n) is 4.91. The van der Waals surface area contributed by atoms with Crippen molar-refractivity contribution in [3.8, 4) is 12.1 Å². The van der Waals surface area contributed by atoms with E-state index in [2.05, 4.69) is 4.98 Å². The zero-order chi connectivity index (χ0) is 7.40. The van der Waals surface area contributed by atoms with Crippen LogP contribution < -0.4 is 0 Å². The summed E-state index contributed by atoms with van der Waals surface area (Å²) in [6.07, 6.45) is 0.0336. The molecule has 0 aliphatic rings. The quantitative estimate of drug-likeness (QED) is 0.619. The molecule has 1 aromatic rings. The van der Waals surface area contributed by atoms with Crippen LogP contribution in [-0.4, -0.2) is 10.1 Å². The van der Waals surface area contributed by atoms with E-state index in [1.54, 1.807) is 10.9 Å². The van der Waals surface area contributed by atoms with Gasteiger partial charge in [0.15, 0.2) is 6.10 Å². The normalized spacial score (nSPS) is 11.8. The van der Waals surface area contributed by atoms with Gasteiger partial charge < -0.3 is 5.11 Å². The van der Waals surface area contributed by atoms with Gasteiger partial charge in [-0.3, -0.25) is 0 Å². The molecule has 1 heterocycles. The number of halogens is 1. The number of aliphatic hydroxyl groups excluding tert-OH is 1. The second-order valence-electron chi connectivity index (χ2n) is 1.55. The maximum absolute atomic E-state index is 11.3. The van der Waals surface area contributed by atoms with Crippen LogP contribution in [0.4, 0.5) is 4.39 Å². The van der Waals surface area contributed by atoms with Gasteiger partial charge in [-0.15, -0.1) is 15.7 Å². The van der Waals surface area contributed by atoms with Gasteiger partial charge in [0.25, 0.3) is 0 Å². The van der Waals surface area contributed by atoms with Gasteiger partial charge >= 0.3 is 0 Å². The largest absolute Gasteiger partial charge is 0.374 e. The first-order chi connectivity index (χ1) is 4.84. The Morgan fingerprint density at radius 1 is 1.80 bits per heavy atom. The molecule has 1 aromatic heterocycles. The highest BCUT2D eigenvalue weighted by Crippen LogP contribution is 2.10. The van der Waals surface area contributed by atoms with Crippen molar-refractivity contribution < 1.29 is 9.50 Å². The summed E-state index contributed by atoms with van der Waals surface area (Å²) in [5, 5.41) is 10.6. The standard InChI is InChI=1S/C6H4FNOS/c7-2-1-6(9)5-3-10-4-8-5/h3-4,6,9H. The maximum Gasteiger partial charge on any atom is 0.160 e. The van der Waals surface area contributed by atoms with Crippen molar-refractivity contribution in [2.45, 2.75) is 6.10 Å². The number of aromatic nitrogens is 1. The van der Waals surface area contributed by atoms with Crippen molar-refractivity contribution in [2.24, 2.45) is 0 Å². The fourth-order valence-electron chi connectivity index (χ4n) is 0.483. The van der Waals surface area contributed by atoms with Gasteiger partial charge in [0.05, 0.1) is 11.2 Å². The Morgan fingerprint density at radius 3 is 3.10 bits per heavy atom. The lowest BCUT2D eigenvalue weighted by Crippen LogP contribution is -1.92. The predicted molar refractivity (Wildman–Crippen MR) is 36.0 cm³/mol. The van der Waals surface area contributed by atoms with Gasteiger partial charge in [-0.25, -0.2) is 4.98 Å². The van der Waals surface area contributed by atoms with Crippen molar-refractivity contribution in [2.75, 3.05) is 0 Å². The highest BCUT2D eigenvalue weighted by Gasteiger charge is 2.03. The number of nitrogens with zero attached hydrogens (tertiary/aromatic N) is 1. The monoisotopic (exact) mass is 157 g/mol. The molecule has 0 radical (unpaired) electrons. The molecule has 2 nitrogen and oxygen atoms in total. The van der Waals surface area contributed by atoms with Crippen LogP contribution in [0.1, 0.15) is 11.8 Å². The van der Waals surface area contributed by atoms with Crippen LogP contribution in [0.5, 0.6) is 0 Å². The first-order valence-corrected chi connectivity index (χ1v) is 3.46. The molecule has 0 aliphatic heterocycles. The van der Waals surface area contributed by atoms with Crippen LogP contribution in [0.3, 0.4) is 0 Å². The summed E-state index contributed by atoms with van der Waals surface area (Å²) < 4.78 is 11.3. The molecule has 0 amide bonds. The van der Waals surface area contributed by atoms with Crippen molar-refractivity contribution in [1.82, 2.24) is 4.98 Å². The van der Waals surface area contributed by atoms with Crippen LogP contribution in [0, 0.1) is 12.1 Å². The minimum atomic E-state index is -1.09. The molecule has 4 heteroatoms. The Labute approximate surface area is 61.3 Å². The number of hydrogen-bond acceptors (Lipinski definition) is 3. The summed E-state index contributed by atoms with van der Waals surface area (Å²) in [4.78, 5) is 3.73. The summed E-state index contributed by atoms with van der Waals surface area (Å²) in [7, 11) is 0. The maximum atomic E-state index is 11.3. The average Bonchev–Trinajstić information content (AvgIpc) is 2.38. The first-order valence-electron chi connectivity index (χ1n) is 2.52. The number of thiazole rings is 1. The third-order valence-corrected chi connectivity index (χ3v) is 1.53. The minimum absolute atomic E-state index is 0.398. The van der Waals surface area contributed by atoms with Crippen molar-refractivity contribution in [1.29, 1.82) is 0 Å². The van der Waals surface area contributed by atoms with Gasteiger partial charge in [0.1, 0.15) is 6.17 Å². The molecule has 1 rings (SSSR count). The SMILES string of the molecule is OC(C#CF)c1cscn1. The second-order valence-corrected chi connectivity index (χ2v) is 2.27. The van der Waals surface area contributed by atoms with E-state index < -0.39 is 6.10 Å². The lowest BCUT2D eigenvalue weighted by Gasteiger charge is -1.93. The predicted octanol–water partition coefficient (Wildman–Crippen LogP) is 1.11. The fourth-order valence-corrected chi connectivity index (χ4v) is 1.06. The van der Waals surface area contributed by atoms with Crippen LogP contribution in [0.15, 0.2) is 10.9 Å². The molecule has 0 fully saturated rings. The summed E-state index contributed by atoms with van der Waals surface area (Å²) in [5.74, 6) is 1.93. The Balaban J connectivity index is 2.74. The Kier molecular flexibility index (Phi) is 2.37. The van der Waals surface area contributed by atoms with Crippen LogP contribution in [0.25, 0.3) is 0 Å². The molecule has 0 bridgehead atoms. The lowest BCUT2D eigenvalue weighted by atomic mass is 10.3. The van der Waals surface area contributed by atoms with E-state index in [4.69, 9.17) is 5.11 Å². The van der Waals surface area contributed by atoms with Crippen LogP contribution in [-0.2, 0) is 0 Å². The molecule has 10 heavy (non-hydrogen) atoms. The average molecular weight is 157 g/mol. The molecular formula is C6H4FNOS. The van der Waals surface area contributed by atoms with Gasteiger partial charge in [0, 0.05) is 5.38 Å². The van der Waals surface area contributed by atoms with E-state index in [0.717, 1.165) is 6.17 Å². The van der Waals surface area contributed by atoms with E-state index in [-0.39, 0.29) is 0 Å². The van der Waals surface area contributed by atoms with E-state index in [1.807, 2.05) is 5.92 Å². The lowest BCUT2D eigenvalue weighted by molar-refractivity contribution is 0.233. The van der Waals surface area contributed by atoms with Crippen molar-refractivity contribution in [3.63, 3.8) is 0 Å². The fraction of sp³-hybridized carbons (Fsp3) is 0.167. The minimum Gasteiger partial charge on any atom is -0.374 e. The zero-order valence-corrected chi connectivity index (χ0v) is 5.73. The van der Waals surface area contributed by atoms with Gasteiger partial charge in [-0.2, -0.15) is 0 Å². The van der Waals surface area contributed by atoms with Gasteiger partial charge in [-0.05, 0) is 5.92 Å². The van der Waals surface area contributed by atoms with Crippen LogP contribution in [0.2, 0.25) is 0 Å². The van der Waals surface area contributed by atoms with E-state index >= 15 is 0 Å². The number of rotatable bonds is 1.